The van der Waals surface area contributed by atoms with Crippen molar-refractivity contribution in [3.05, 3.63) is 59.8 Å². The van der Waals surface area contributed by atoms with Gasteiger partial charge in [-0.15, -0.1) is 0 Å². The third kappa shape index (κ3) is 1.58. The quantitative estimate of drug-likeness (QED) is 0.687. The molecule has 2 N–H and O–H groups in total. The topological polar surface area (TPSA) is 26.0 Å². The van der Waals surface area contributed by atoms with Crippen LogP contribution in [0.2, 0.25) is 0 Å². The molecule has 3 aliphatic rings. The van der Waals surface area contributed by atoms with E-state index in [4.69, 9.17) is 5.73 Å². The van der Waals surface area contributed by atoms with Crippen LogP contribution in [0.5, 0.6) is 0 Å². The third-order valence-electron chi connectivity index (χ3n) is 4.45. The fourth-order valence-corrected chi connectivity index (χ4v) is 3.28. The summed E-state index contributed by atoms with van der Waals surface area (Å²) in [5.41, 5.74) is 9.17. The molecular formula is C17H21N. The lowest BCUT2D eigenvalue weighted by Gasteiger charge is -2.31. The largest absolute Gasteiger partial charge is 0.321 e. The van der Waals surface area contributed by atoms with Gasteiger partial charge in [-0.1, -0.05) is 62.5 Å². The van der Waals surface area contributed by atoms with Crippen molar-refractivity contribution in [1.82, 2.24) is 0 Å². The van der Waals surface area contributed by atoms with Crippen LogP contribution >= 0.6 is 0 Å². The summed E-state index contributed by atoms with van der Waals surface area (Å²) in [6.45, 7) is 6.61. The number of nitrogens with two attached hydrogens (primary N) is 1. The minimum absolute atomic E-state index is 0.115. The van der Waals surface area contributed by atoms with Gasteiger partial charge < -0.3 is 5.73 Å². The average Bonchev–Trinajstić information content (AvgIpc) is 2.43. The van der Waals surface area contributed by atoms with Crippen LogP contribution in [0.4, 0.5) is 0 Å². The van der Waals surface area contributed by atoms with Gasteiger partial charge >= 0.3 is 0 Å². The predicted molar refractivity (Wildman–Crippen MR) is 76.9 cm³/mol. The van der Waals surface area contributed by atoms with Crippen LogP contribution < -0.4 is 5.73 Å². The normalized spacial score (nSPS) is 39.8. The van der Waals surface area contributed by atoms with E-state index in [0.717, 1.165) is 0 Å². The summed E-state index contributed by atoms with van der Waals surface area (Å²) < 4.78 is 0. The first-order chi connectivity index (χ1) is 8.42. The first-order valence-corrected chi connectivity index (χ1v) is 6.69. The van der Waals surface area contributed by atoms with Gasteiger partial charge in [0.15, 0.2) is 0 Å². The van der Waals surface area contributed by atoms with Crippen LogP contribution in [0.3, 0.4) is 0 Å². The molecule has 0 saturated carbocycles. The summed E-state index contributed by atoms with van der Waals surface area (Å²) in [7, 11) is 0. The lowest BCUT2D eigenvalue weighted by atomic mass is 9.78. The molecule has 0 aliphatic heterocycles. The second-order valence-corrected chi connectivity index (χ2v) is 6.46. The molecule has 3 atom stereocenters. The van der Waals surface area contributed by atoms with Crippen molar-refractivity contribution in [3.8, 4) is 0 Å². The van der Waals surface area contributed by atoms with E-state index >= 15 is 0 Å². The summed E-state index contributed by atoms with van der Waals surface area (Å²) >= 11 is 0. The van der Waals surface area contributed by atoms with Gasteiger partial charge in [0.1, 0.15) is 0 Å². The molecule has 0 aromatic carbocycles. The summed E-state index contributed by atoms with van der Waals surface area (Å²) in [5.74, 6) is 0.831. The molecule has 94 valence electrons. The second-order valence-electron chi connectivity index (χ2n) is 6.46. The number of hydrogen-bond acceptors (Lipinski definition) is 1. The highest BCUT2D eigenvalue weighted by Gasteiger charge is 2.45. The van der Waals surface area contributed by atoms with Gasteiger partial charge in [-0.2, -0.15) is 0 Å². The Morgan fingerprint density at radius 3 is 2.44 bits per heavy atom. The van der Waals surface area contributed by atoms with E-state index in [1.807, 2.05) is 0 Å². The molecule has 3 unspecified atom stereocenters. The van der Waals surface area contributed by atoms with Crippen molar-refractivity contribution < 1.29 is 0 Å². The van der Waals surface area contributed by atoms with E-state index in [1.54, 1.807) is 0 Å². The molecule has 0 saturated heterocycles. The van der Waals surface area contributed by atoms with Gasteiger partial charge in [0.25, 0.3) is 0 Å². The van der Waals surface area contributed by atoms with Crippen LogP contribution in [0.25, 0.3) is 0 Å². The first-order valence-electron chi connectivity index (χ1n) is 6.69. The van der Waals surface area contributed by atoms with E-state index < -0.39 is 0 Å². The van der Waals surface area contributed by atoms with Crippen LogP contribution in [0.1, 0.15) is 20.8 Å². The molecule has 0 fully saturated rings. The van der Waals surface area contributed by atoms with Crippen molar-refractivity contribution in [1.29, 1.82) is 0 Å². The Labute approximate surface area is 109 Å². The standard InChI is InChI=1S/C17H21N/c1-16(2)10-8-13-12-6-4-5-7-14(12)17(3,18)15(13)9-11-16/h4-12,14H,18H2,1-3H3. The van der Waals surface area contributed by atoms with Crippen molar-refractivity contribution in [2.75, 3.05) is 0 Å². The van der Waals surface area contributed by atoms with E-state index in [0.29, 0.717) is 11.8 Å². The molecule has 0 heterocycles. The maximum absolute atomic E-state index is 6.62. The molecule has 0 amide bonds. The average molecular weight is 239 g/mol. The fourth-order valence-electron chi connectivity index (χ4n) is 3.28. The highest BCUT2D eigenvalue weighted by molar-refractivity contribution is 5.54. The Balaban J connectivity index is 2.13. The summed E-state index contributed by atoms with van der Waals surface area (Å²) in [6, 6.07) is 0. The smallest absolute Gasteiger partial charge is 0.0456 e. The van der Waals surface area contributed by atoms with Gasteiger partial charge in [-0.3, -0.25) is 0 Å². The lowest BCUT2D eigenvalue weighted by Crippen LogP contribution is -2.43. The van der Waals surface area contributed by atoms with Crippen LogP contribution in [0, 0.1) is 17.3 Å². The van der Waals surface area contributed by atoms with Crippen molar-refractivity contribution in [2.24, 2.45) is 23.0 Å². The molecule has 0 aromatic heterocycles. The number of fused-ring (bicyclic) bond motifs is 2. The first kappa shape index (κ1) is 11.7. The minimum atomic E-state index is -0.261. The number of allylic oxidation sites excluding steroid dienone is 7. The molecule has 0 radical (unpaired) electrons. The maximum atomic E-state index is 6.62. The highest BCUT2D eigenvalue weighted by Crippen LogP contribution is 2.48. The molecule has 3 aliphatic carbocycles. The SMILES string of the molecule is CC1(C)C=CC2=C(C=C1)C(C)(N)C1C=CC=CC21. The summed E-state index contributed by atoms with van der Waals surface area (Å²) in [5, 5.41) is 0. The Morgan fingerprint density at radius 2 is 1.67 bits per heavy atom. The zero-order chi connectivity index (χ0) is 13.0. The fraction of sp³-hybridized carbons (Fsp3) is 0.412. The van der Waals surface area contributed by atoms with Crippen LogP contribution in [0.15, 0.2) is 59.8 Å². The molecule has 1 nitrogen and oxygen atoms in total. The second kappa shape index (κ2) is 3.58. The van der Waals surface area contributed by atoms with Crippen molar-refractivity contribution >= 4 is 0 Å². The Morgan fingerprint density at radius 1 is 1.00 bits per heavy atom. The number of rotatable bonds is 0. The minimum Gasteiger partial charge on any atom is -0.321 e. The van der Waals surface area contributed by atoms with Crippen molar-refractivity contribution in [3.63, 3.8) is 0 Å². The summed E-state index contributed by atoms with van der Waals surface area (Å²) in [4.78, 5) is 0. The molecular weight excluding hydrogens is 218 g/mol. The van der Waals surface area contributed by atoms with E-state index in [-0.39, 0.29) is 11.0 Å². The molecule has 0 aromatic rings. The van der Waals surface area contributed by atoms with E-state index in [9.17, 15) is 0 Å². The van der Waals surface area contributed by atoms with Crippen LogP contribution in [-0.4, -0.2) is 5.54 Å². The van der Waals surface area contributed by atoms with Gasteiger partial charge in [-0.25, -0.2) is 0 Å². The van der Waals surface area contributed by atoms with Gasteiger partial charge in [0.05, 0.1) is 0 Å². The predicted octanol–water partition coefficient (Wildman–Crippen LogP) is 3.52. The molecule has 0 bridgehead atoms. The molecule has 1 heteroatoms. The van der Waals surface area contributed by atoms with Gasteiger partial charge in [-0.05, 0) is 18.1 Å². The highest BCUT2D eigenvalue weighted by atomic mass is 14.8. The monoisotopic (exact) mass is 239 g/mol. The zero-order valence-electron chi connectivity index (χ0n) is 11.4. The Kier molecular flexibility index (Phi) is 2.33. The van der Waals surface area contributed by atoms with Gasteiger partial charge in [0, 0.05) is 22.8 Å². The molecule has 18 heavy (non-hydrogen) atoms. The maximum Gasteiger partial charge on any atom is 0.0456 e. The van der Waals surface area contributed by atoms with Crippen LogP contribution in [-0.2, 0) is 0 Å². The van der Waals surface area contributed by atoms with Gasteiger partial charge in [0.2, 0.25) is 0 Å². The van der Waals surface area contributed by atoms with E-state index in [1.165, 1.54) is 11.1 Å². The Hall–Kier alpha value is -1.34. The zero-order valence-corrected chi connectivity index (χ0v) is 11.4. The molecule has 0 spiro atoms. The summed E-state index contributed by atoms with van der Waals surface area (Å²) in [6.07, 6.45) is 17.9. The van der Waals surface area contributed by atoms with Crippen molar-refractivity contribution in [2.45, 2.75) is 26.3 Å². The molecule has 3 rings (SSSR count). The third-order valence-corrected chi connectivity index (χ3v) is 4.45. The van der Waals surface area contributed by atoms with E-state index in [2.05, 4.69) is 69.4 Å². The number of hydrogen-bond donors (Lipinski definition) is 1. The lowest BCUT2D eigenvalue weighted by molar-refractivity contribution is 0.398. The Bertz CT molecular complexity index is 524.